The lowest BCUT2D eigenvalue weighted by molar-refractivity contribution is -0.140. The summed E-state index contributed by atoms with van der Waals surface area (Å²) in [6.07, 6.45) is -0.191. The third-order valence-corrected chi connectivity index (χ3v) is 4.60. The van der Waals surface area contributed by atoms with Crippen LogP contribution in [0.4, 0.5) is 0 Å². The molecule has 0 bridgehead atoms. The third kappa shape index (κ3) is 3.33. The Morgan fingerprint density at radius 2 is 1.59 bits per heavy atom. The molecule has 3 rings (SSSR count). The standard InChI is InChI=1S/C21H18O6/c1-26-13-9-7-12(8-10-13)16(11-17(22)27-2)18-19(23)14-5-3-4-6-15(14)20(24)21(18)25/h3-10,16,23H,11H2,1-2H3. The number of hydrogen-bond acceptors (Lipinski definition) is 6. The minimum Gasteiger partial charge on any atom is -0.507 e. The van der Waals surface area contributed by atoms with Crippen molar-refractivity contribution in [2.75, 3.05) is 14.2 Å². The summed E-state index contributed by atoms with van der Waals surface area (Å²) >= 11 is 0. The molecular weight excluding hydrogens is 348 g/mol. The summed E-state index contributed by atoms with van der Waals surface area (Å²) in [6, 6.07) is 13.1. The van der Waals surface area contributed by atoms with E-state index < -0.39 is 23.5 Å². The number of Topliss-reactive ketones (excluding diaryl/α,β-unsaturated/α-hetero) is 2. The van der Waals surface area contributed by atoms with E-state index in [-0.39, 0.29) is 28.9 Å². The van der Waals surface area contributed by atoms with Crippen molar-refractivity contribution in [3.05, 3.63) is 70.8 Å². The third-order valence-electron chi connectivity index (χ3n) is 4.60. The smallest absolute Gasteiger partial charge is 0.306 e. The van der Waals surface area contributed by atoms with E-state index in [1.54, 1.807) is 42.5 Å². The fourth-order valence-corrected chi connectivity index (χ4v) is 3.18. The lowest BCUT2D eigenvalue weighted by Gasteiger charge is -2.24. The van der Waals surface area contributed by atoms with E-state index in [2.05, 4.69) is 0 Å². The Hall–Kier alpha value is -3.41. The van der Waals surface area contributed by atoms with Gasteiger partial charge in [0, 0.05) is 17.0 Å². The van der Waals surface area contributed by atoms with E-state index in [0.29, 0.717) is 11.3 Å². The zero-order valence-corrected chi connectivity index (χ0v) is 14.9. The van der Waals surface area contributed by atoms with E-state index in [9.17, 15) is 19.5 Å². The number of carbonyl (C=O) groups excluding carboxylic acids is 3. The predicted molar refractivity (Wildman–Crippen MR) is 97.7 cm³/mol. The van der Waals surface area contributed by atoms with Crippen LogP contribution >= 0.6 is 0 Å². The maximum absolute atomic E-state index is 12.8. The average molecular weight is 366 g/mol. The van der Waals surface area contributed by atoms with E-state index in [4.69, 9.17) is 9.47 Å². The second kappa shape index (κ2) is 7.45. The van der Waals surface area contributed by atoms with Gasteiger partial charge in [0.2, 0.25) is 11.6 Å². The number of carbonyl (C=O) groups is 3. The zero-order valence-electron chi connectivity index (χ0n) is 14.9. The molecule has 0 radical (unpaired) electrons. The van der Waals surface area contributed by atoms with Crippen molar-refractivity contribution < 1.29 is 29.0 Å². The second-order valence-electron chi connectivity index (χ2n) is 6.07. The summed E-state index contributed by atoms with van der Waals surface area (Å²) in [6.45, 7) is 0. The molecule has 0 fully saturated rings. The number of hydrogen-bond donors (Lipinski definition) is 1. The summed E-state index contributed by atoms with van der Waals surface area (Å²) in [5, 5.41) is 10.8. The molecule has 0 aliphatic heterocycles. The number of aliphatic hydroxyl groups is 1. The number of ketones is 2. The van der Waals surface area contributed by atoms with Crippen molar-refractivity contribution >= 4 is 23.3 Å². The summed E-state index contributed by atoms with van der Waals surface area (Å²) in [4.78, 5) is 37.2. The molecule has 0 saturated heterocycles. The molecule has 27 heavy (non-hydrogen) atoms. The van der Waals surface area contributed by atoms with Gasteiger partial charge in [-0.15, -0.1) is 0 Å². The van der Waals surface area contributed by atoms with Crippen molar-refractivity contribution in [2.45, 2.75) is 12.3 Å². The van der Waals surface area contributed by atoms with Crippen molar-refractivity contribution in [1.29, 1.82) is 0 Å². The molecule has 0 saturated carbocycles. The Kier molecular flexibility index (Phi) is 5.07. The summed E-state index contributed by atoms with van der Waals surface area (Å²) in [5.41, 5.74) is 0.910. The van der Waals surface area contributed by atoms with Gasteiger partial charge >= 0.3 is 5.97 Å². The van der Waals surface area contributed by atoms with E-state index in [1.165, 1.54) is 20.3 Å². The van der Waals surface area contributed by atoms with Gasteiger partial charge in [0.05, 0.1) is 26.2 Å². The summed E-state index contributed by atoms with van der Waals surface area (Å²) in [7, 11) is 2.76. The van der Waals surface area contributed by atoms with Gasteiger partial charge in [-0.1, -0.05) is 36.4 Å². The number of esters is 1. The van der Waals surface area contributed by atoms with Crippen molar-refractivity contribution in [3.63, 3.8) is 0 Å². The molecule has 2 aromatic rings. The van der Waals surface area contributed by atoms with Gasteiger partial charge in [-0.25, -0.2) is 0 Å². The number of benzene rings is 2. The molecule has 1 N–H and O–H groups in total. The second-order valence-corrected chi connectivity index (χ2v) is 6.07. The Balaban J connectivity index is 2.17. The van der Waals surface area contributed by atoms with Gasteiger partial charge in [-0.05, 0) is 17.7 Å². The first kappa shape index (κ1) is 18.4. The normalized spacial score (nSPS) is 14.6. The SMILES string of the molecule is COC(=O)CC(C1=C(O)c2ccccc2C(=O)C1=O)c1ccc(OC)cc1. The molecule has 0 spiro atoms. The molecule has 6 nitrogen and oxygen atoms in total. The molecule has 2 aromatic carbocycles. The number of rotatable bonds is 5. The van der Waals surface area contributed by atoms with Crippen molar-refractivity contribution in [3.8, 4) is 5.75 Å². The number of fused-ring (bicyclic) bond motifs is 1. The molecule has 1 atom stereocenters. The molecule has 1 unspecified atom stereocenters. The maximum Gasteiger partial charge on any atom is 0.306 e. The van der Waals surface area contributed by atoms with Crippen molar-refractivity contribution in [1.82, 2.24) is 0 Å². The summed E-state index contributed by atoms with van der Waals surface area (Å²) in [5.74, 6) is -2.61. The fourth-order valence-electron chi connectivity index (χ4n) is 3.18. The van der Waals surface area contributed by atoms with Crippen molar-refractivity contribution in [2.24, 2.45) is 0 Å². The van der Waals surface area contributed by atoms with E-state index in [1.807, 2.05) is 0 Å². The molecule has 1 aliphatic rings. The minimum absolute atomic E-state index is 0.103. The van der Waals surface area contributed by atoms with Crippen LogP contribution in [0.5, 0.6) is 5.75 Å². The Morgan fingerprint density at radius 3 is 2.19 bits per heavy atom. The van der Waals surface area contributed by atoms with Crippen LogP contribution in [-0.4, -0.2) is 36.9 Å². The van der Waals surface area contributed by atoms with Gasteiger partial charge < -0.3 is 14.6 Å². The lowest BCUT2D eigenvalue weighted by Crippen LogP contribution is -2.28. The highest BCUT2D eigenvalue weighted by molar-refractivity contribution is 6.52. The van der Waals surface area contributed by atoms with Crippen LogP contribution < -0.4 is 4.74 Å². The first-order valence-electron chi connectivity index (χ1n) is 8.30. The lowest BCUT2D eigenvalue weighted by atomic mass is 9.78. The molecule has 1 aliphatic carbocycles. The van der Waals surface area contributed by atoms with Gasteiger partial charge in [-0.2, -0.15) is 0 Å². The summed E-state index contributed by atoms with van der Waals surface area (Å²) < 4.78 is 9.87. The molecular formula is C21H18O6. The topological polar surface area (TPSA) is 89.9 Å². The molecule has 0 heterocycles. The number of allylic oxidation sites excluding steroid dienone is 1. The number of methoxy groups -OCH3 is 2. The minimum atomic E-state index is -0.826. The maximum atomic E-state index is 12.8. The van der Waals surface area contributed by atoms with Gasteiger partial charge in [0.1, 0.15) is 11.5 Å². The highest BCUT2D eigenvalue weighted by atomic mass is 16.5. The first-order chi connectivity index (χ1) is 13.0. The van der Waals surface area contributed by atoms with Crippen LogP contribution in [0, 0.1) is 0 Å². The van der Waals surface area contributed by atoms with Crippen LogP contribution in [0.2, 0.25) is 0 Å². The molecule has 6 heteroatoms. The quantitative estimate of drug-likeness (QED) is 0.646. The van der Waals surface area contributed by atoms with Gasteiger partial charge in [0.15, 0.2) is 0 Å². The monoisotopic (exact) mass is 366 g/mol. The van der Waals surface area contributed by atoms with Crippen LogP contribution in [0.3, 0.4) is 0 Å². The van der Waals surface area contributed by atoms with Gasteiger partial charge in [0.25, 0.3) is 0 Å². The Labute approximate surface area is 156 Å². The number of ether oxygens (including phenoxy) is 2. The molecule has 0 aromatic heterocycles. The highest BCUT2D eigenvalue weighted by Crippen LogP contribution is 2.38. The van der Waals surface area contributed by atoms with Crippen LogP contribution in [0.1, 0.15) is 33.8 Å². The largest absolute Gasteiger partial charge is 0.507 e. The van der Waals surface area contributed by atoms with Crippen LogP contribution in [-0.2, 0) is 14.3 Å². The highest BCUT2D eigenvalue weighted by Gasteiger charge is 2.38. The van der Waals surface area contributed by atoms with Crippen LogP contribution in [0.15, 0.2) is 54.1 Å². The van der Waals surface area contributed by atoms with Gasteiger partial charge in [-0.3, -0.25) is 14.4 Å². The number of aliphatic hydroxyl groups excluding tert-OH is 1. The zero-order chi connectivity index (χ0) is 19.6. The Morgan fingerprint density at radius 1 is 0.963 bits per heavy atom. The Bertz CT molecular complexity index is 939. The van der Waals surface area contributed by atoms with Crippen LogP contribution in [0.25, 0.3) is 5.76 Å². The first-order valence-corrected chi connectivity index (χ1v) is 8.30. The predicted octanol–water partition coefficient (Wildman–Crippen LogP) is 3.08. The molecule has 138 valence electrons. The molecule has 0 amide bonds. The fraction of sp³-hybridized carbons (Fsp3) is 0.190. The average Bonchev–Trinajstić information content (AvgIpc) is 2.71. The van der Waals surface area contributed by atoms with E-state index in [0.717, 1.165) is 0 Å². The van der Waals surface area contributed by atoms with E-state index >= 15 is 0 Å².